The van der Waals surface area contributed by atoms with Crippen LogP contribution in [0.4, 0.5) is 11.4 Å². The summed E-state index contributed by atoms with van der Waals surface area (Å²) in [4.78, 5) is 7.14. The van der Waals surface area contributed by atoms with Crippen molar-refractivity contribution in [1.29, 1.82) is 0 Å². The van der Waals surface area contributed by atoms with Crippen molar-refractivity contribution in [3.63, 3.8) is 0 Å². The van der Waals surface area contributed by atoms with Gasteiger partial charge in [-0.2, -0.15) is 0 Å². The molecule has 0 spiro atoms. The fourth-order valence-electron chi connectivity index (χ4n) is 2.32. The number of halogens is 1. The lowest BCUT2D eigenvalue weighted by Gasteiger charge is -2.16. The van der Waals surface area contributed by atoms with Crippen molar-refractivity contribution in [3.8, 4) is 0 Å². The minimum absolute atomic E-state index is 0.237. The number of nitrogens with two attached hydrogens (primary N) is 1. The first-order chi connectivity index (χ1) is 10.0. The van der Waals surface area contributed by atoms with E-state index < -0.39 is 0 Å². The standard InChI is InChI=1S/C16H16BrN3S/c1-9-3-6-15(21-9)10(2)20-14-5-4-13(18)12-7-11(17)8-19-16(12)14/h3-8,10,20H,18H2,1-2H3. The molecule has 0 aliphatic carbocycles. The first-order valence-corrected chi connectivity index (χ1v) is 8.32. The first-order valence-electron chi connectivity index (χ1n) is 6.71. The third-order valence-electron chi connectivity index (χ3n) is 3.41. The molecule has 0 bridgehead atoms. The van der Waals surface area contributed by atoms with E-state index in [9.17, 15) is 0 Å². The van der Waals surface area contributed by atoms with Gasteiger partial charge in [-0.25, -0.2) is 0 Å². The van der Waals surface area contributed by atoms with Crippen molar-refractivity contribution in [2.24, 2.45) is 0 Å². The minimum Gasteiger partial charge on any atom is -0.398 e. The van der Waals surface area contributed by atoms with Crippen molar-refractivity contribution in [3.05, 3.63) is 50.8 Å². The number of hydrogen-bond donors (Lipinski definition) is 2. The second kappa shape index (κ2) is 5.66. The van der Waals surface area contributed by atoms with Crippen LogP contribution in [0.5, 0.6) is 0 Å². The predicted molar refractivity (Wildman–Crippen MR) is 94.9 cm³/mol. The van der Waals surface area contributed by atoms with E-state index in [-0.39, 0.29) is 6.04 Å². The molecule has 0 aliphatic heterocycles. The molecule has 0 amide bonds. The minimum atomic E-state index is 0.237. The van der Waals surface area contributed by atoms with Gasteiger partial charge in [-0.15, -0.1) is 11.3 Å². The van der Waals surface area contributed by atoms with Gasteiger partial charge in [0.2, 0.25) is 0 Å². The zero-order chi connectivity index (χ0) is 15.0. The molecule has 3 nitrogen and oxygen atoms in total. The summed E-state index contributed by atoms with van der Waals surface area (Å²) in [7, 11) is 0. The normalized spacial score (nSPS) is 12.5. The monoisotopic (exact) mass is 361 g/mol. The highest BCUT2D eigenvalue weighted by Gasteiger charge is 2.11. The van der Waals surface area contributed by atoms with E-state index in [1.165, 1.54) is 9.75 Å². The molecular formula is C16H16BrN3S. The van der Waals surface area contributed by atoms with Crippen LogP contribution in [-0.2, 0) is 0 Å². The van der Waals surface area contributed by atoms with Gasteiger partial charge in [-0.3, -0.25) is 4.98 Å². The van der Waals surface area contributed by atoms with Crippen LogP contribution in [0.1, 0.15) is 22.7 Å². The van der Waals surface area contributed by atoms with E-state index in [4.69, 9.17) is 5.73 Å². The molecule has 0 saturated carbocycles. The highest BCUT2D eigenvalue weighted by molar-refractivity contribution is 9.10. The van der Waals surface area contributed by atoms with Gasteiger partial charge in [-0.05, 0) is 60.1 Å². The van der Waals surface area contributed by atoms with E-state index in [2.05, 4.69) is 52.2 Å². The molecule has 3 aromatic rings. The van der Waals surface area contributed by atoms with Gasteiger partial charge < -0.3 is 11.1 Å². The third kappa shape index (κ3) is 2.89. The molecular weight excluding hydrogens is 346 g/mol. The van der Waals surface area contributed by atoms with Crippen molar-refractivity contribution >= 4 is 49.5 Å². The molecule has 3 N–H and O–H groups in total. The number of benzene rings is 1. The van der Waals surface area contributed by atoms with Crippen LogP contribution in [0.15, 0.2) is 41.0 Å². The Kier molecular flexibility index (Phi) is 3.87. The van der Waals surface area contributed by atoms with Gasteiger partial charge in [-0.1, -0.05) is 0 Å². The number of thiophene rings is 1. The van der Waals surface area contributed by atoms with Crippen molar-refractivity contribution in [1.82, 2.24) is 4.98 Å². The second-order valence-corrected chi connectivity index (χ2v) is 7.30. The lowest BCUT2D eigenvalue weighted by atomic mass is 10.1. The highest BCUT2D eigenvalue weighted by Crippen LogP contribution is 2.32. The molecule has 1 aromatic carbocycles. The molecule has 21 heavy (non-hydrogen) atoms. The van der Waals surface area contributed by atoms with E-state index in [1.54, 1.807) is 6.20 Å². The average Bonchev–Trinajstić information content (AvgIpc) is 2.89. The maximum absolute atomic E-state index is 6.05. The Hall–Kier alpha value is -1.59. The number of aryl methyl sites for hydroxylation is 1. The Labute approximate surface area is 136 Å². The quantitative estimate of drug-likeness (QED) is 0.636. The van der Waals surface area contributed by atoms with E-state index in [0.29, 0.717) is 0 Å². The Bertz CT molecular complexity index is 797. The number of anilines is 2. The van der Waals surface area contributed by atoms with Crippen LogP contribution in [0.3, 0.4) is 0 Å². The summed E-state index contributed by atoms with van der Waals surface area (Å²) in [6, 6.07) is 10.5. The molecule has 0 radical (unpaired) electrons. The van der Waals surface area contributed by atoms with Crippen LogP contribution in [0, 0.1) is 6.92 Å². The topological polar surface area (TPSA) is 50.9 Å². The summed E-state index contributed by atoms with van der Waals surface area (Å²) < 4.78 is 0.931. The molecule has 108 valence electrons. The SMILES string of the molecule is Cc1ccc(C(C)Nc2ccc(N)c3cc(Br)cnc23)s1. The summed E-state index contributed by atoms with van der Waals surface area (Å²) in [5, 5.41) is 4.50. The zero-order valence-corrected chi connectivity index (χ0v) is 14.3. The number of nitrogen functional groups attached to an aromatic ring is 1. The maximum Gasteiger partial charge on any atom is 0.0954 e. The van der Waals surface area contributed by atoms with Crippen LogP contribution < -0.4 is 11.1 Å². The van der Waals surface area contributed by atoms with E-state index in [1.807, 2.05) is 29.5 Å². The zero-order valence-electron chi connectivity index (χ0n) is 11.9. The summed E-state index contributed by atoms with van der Waals surface area (Å²) in [5.41, 5.74) is 8.70. The molecule has 0 aliphatic rings. The van der Waals surface area contributed by atoms with Crippen molar-refractivity contribution in [2.75, 3.05) is 11.1 Å². The molecule has 2 heterocycles. The predicted octanol–water partition coefficient (Wildman–Crippen LogP) is 5.12. The number of rotatable bonds is 3. The van der Waals surface area contributed by atoms with Gasteiger partial charge in [0.15, 0.2) is 0 Å². The number of nitrogens with one attached hydrogen (secondary N) is 1. The summed E-state index contributed by atoms with van der Waals surface area (Å²) in [6.45, 7) is 4.28. The molecule has 1 atom stereocenters. The van der Waals surface area contributed by atoms with E-state index in [0.717, 1.165) is 26.8 Å². The average molecular weight is 362 g/mol. The molecule has 0 saturated heterocycles. The smallest absolute Gasteiger partial charge is 0.0954 e. The number of aromatic nitrogens is 1. The van der Waals surface area contributed by atoms with Crippen LogP contribution in [0.25, 0.3) is 10.9 Å². The van der Waals surface area contributed by atoms with Crippen LogP contribution >= 0.6 is 27.3 Å². The lowest BCUT2D eigenvalue weighted by Crippen LogP contribution is -2.06. The van der Waals surface area contributed by atoms with Crippen molar-refractivity contribution < 1.29 is 0 Å². The third-order valence-corrected chi connectivity index (χ3v) is 5.03. The Morgan fingerprint density at radius 3 is 2.81 bits per heavy atom. The lowest BCUT2D eigenvalue weighted by molar-refractivity contribution is 0.909. The number of hydrogen-bond acceptors (Lipinski definition) is 4. The number of nitrogens with zero attached hydrogens (tertiary/aromatic N) is 1. The van der Waals surface area contributed by atoms with Gasteiger partial charge >= 0.3 is 0 Å². The van der Waals surface area contributed by atoms with Crippen LogP contribution in [-0.4, -0.2) is 4.98 Å². The van der Waals surface area contributed by atoms with Gasteiger partial charge in [0.1, 0.15) is 0 Å². The second-order valence-electron chi connectivity index (χ2n) is 5.07. The Balaban J connectivity index is 1.99. The Morgan fingerprint density at radius 1 is 1.29 bits per heavy atom. The van der Waals surface area contributed by atoms with Gasteiger partial charge in [0, 0.05) is 31.5 Å². The summed E-state index contributed by atoms with van der Waals surface area (Å²) in [5.74, 6) is 0. The molecule has 3 rings (SSSR count). The fourth-order valence-corrected chi connectivity index (χ4v) is 3.53. The molecule has 5 heteroatoms. The summed E-state index contributed by atoms with van der Waals surface area (Å²) >= 11 is 5.26. The first kappa shape index (κ1) is 14.4. The van der Waals surface area contributed by atoms with Crippen molar-refractivity contribution in [2.45, 2.75) is 19.9 Å². The highest BCUT2D eigenvalue weighted by atomic mass is 79.9. The van der Waals surface area contributed by atoms with Crippen LogP contribution in [0.2, 0.25) is 0 Å². The Morgan fingerprint density at radius 2 is 2.10 bits per heavy atom. The van der Waals surface area contributed by atoms with E-state index >= 15 is 0 Å². The summed E-state index contributed by atoms with van der Waals surface area (Å²) in [6.07, 6.45) is 1.80. The van der Waals surface area contributed by atoms with Gasteiger partial charge in [0.25, 0.3) is 0 Å². The number of pyridine rings is 1. The maximum atomic E-state index is 6.05. The van der Waals surface area contributed by atoms with Gasteiger partial charge in [0.05, 0.1) is 17.2 Å². The largest absolute Gasteiger partial charge is 0.398 e. The number of fused-ring (bicyclic) bond motifs is 1. The molecule has 2 aromatic heterocycles. The molecule has 0 fully saturated rings. The molecule has 1 unspecified atom stereocenters. The fraction of sp³-hybridized carbons (Fsp3) is 0.188.